The maximum atomic E-state index is 6.04. The summed E-state index contributed by atoms with van der Waals surface area (Å²) < 4.78 is 5.58. The predicted molar refractivity (Wildman–Crippen MR) is 81.5 cm³/mol. The van der Waals surface area contributed by atoms with Crippen molar-refractivity contribution in [3.63, 3.8) is 0 Å². The largest absolute Gasteiger partial charge is 0.398 e. The molecule has 4 heteroatoms. The van der Waals surface area contributed by atoms with Crippen molar-refractivity contribution in [3.05, 3.63) is 36.0 Å². The standard InChI is InChI=1S/C16H21N3O/c1-16(2)11-20-9-8-19(16)10-12-5-6-14(17)13-4-3-7-18-15(12)13/h3-7H,8-11,17H2,1-2H3. The van der Waals surface area contributed by atoms with E-state index in [4.69, 9.17) is 10.5 Å². The second-order valence-corrected chi connectivity index (χ2v) is 6.00. The van der Waals surface area contributed by atoms with Crippen LogP contribution in [0.25, 0.3) is 10.9 Å². The predicted octanol–water partition coefficient (Wildman–Crippen LogP) is 2.43. The number of ether oxygens (including phenoxy) is 1. The molecule has 0 spiro atoms. The topological polar surface area (TPSA) is 51.4 Å². The number of benzene rings is 1. The van der Waals surface area contributed by atoms with Crippen LogP contribution in [0.1, 0.15) is 19.4 Å². The molecule has 1 aromatic heterocycles. The number of hydrogen-bond acceptors (Lipinski definition) is 4. The summed E-state index contributed by atoms with van der Waals surface area (Å²) in [5.74, 6) is 0. The highest BCUT2D eigenvalue weighted by molar-refractivity contribution is 5.92. The maximum absolute atomic E-state index is 6.04. The summed E-state index contributed by atoms with van der Waals surface area (Å²) >= 11 is 0. The van der Waals surface area contributed by atoms with Gasteiger partial charge in [-0.3, -0.25) is 9.88 Å². The van der Waals surface area contributed by atoms with Gasteiger partial charge in [0.05, 0.1) is 18.7 Å². The number of anilines is 1. The second-order valence-electron chi connectivity index (χ2n) is 6.00. The van der Waals surface area contributed by atoms with E-state index >= 15 is 0 Å². The van der Waals surface area contributed by atoms with Gasteiger partial charge in [-0.15, -0.1) is 0 Å². The van der Waals surface area contributed by atoms with E-state index < -0.39 is 0 Å². The van der Waals surface area contributed by atoms with Gasteiger partial charge in [0.15, 0.2) is 0 Å². The van der Waals surface area contributed by atoms with Gasteiger partial charge in [0, 0.05) is 35.9 Å². The zero-order valence-electron chi connectivity index (χ0n) is 12.1. The number of nitrogens with two attached hydrogens (primary N) is 1. The van der Waals surface area contributed by atoms with Crippen molar-refractivity contribution in [2.45, 2.75) is 25.9 Å². The zero-order valence-corrected chi connectivity index (χ0v) is 12.1. The van der Waals surface area contributed by atoms with Gasteiger partial charge >= 0.3 is 0 Å². The molecule has 106 valence electrons. The first-order valence-corrected chi connectivity index (χ1v) is 7.03. The highest BCUT2D eigenvalue weighted by Gasteiger charge is 2.30. The van der Waals surface area contributed by atoms with Crippen LogP contribution in [0.3, 0.4) is 0 Å². The summed E-state index contributed by atoms with van der Waals surface area (Å²) in [6, 6.07) is 8.04. The van der Waals surface area contributed by atoms with Crippen LogP contribution in [0.4, 0.5) is 5.69 Å². The zero-order chi connectivity index (χ0) is 14.2. The highest BCUT2D eigenvalue weighted by atomic mass is 16.5. The van der Waals surface area contributed by atoms with E-state index in [-0.39, 0.29) is 5.54 Å². The molecule has 2 heterocycles. The van der Waals surface area contributed by atoms with Crippen molar-refractivity contribution in [1.82, 2.24) is 9.88 Å². The third-order valence-corrected chi connectivity index (χ3v) is 4.07. The number of nitrogen functional groups attached to an aromatic ring is 1. The number of fused-ring (bicyclic) bond motifs is 1. The Hall–Kier alpha value is -1.65. The molecule has 3 rings (SSSR count). The minimum Gasteiger partial charge on any atom is -0.398 e. The molecule has 0 radical (unpaired) electrons. The first-order chi connectivity index (χ1) is 9.58. The quantitative estimate of drug-likeness (QED) is 0.852. The van der Waals surface area contributed by atoms with Crippen molar-refractivity contribution in [3.8, 4) is 0 Å². The molecule has 0 unspecified atom stereocenters. The maximum Gasteiger partial charge on any atom is 0.0767 e. The number of hydrogen-bond donors (Lipinski definition) is 1. The first-order valence-electron chi connectivity index (χ1n) is 7.03. The van der Waals surface area contributed by atoms with Gasteiger partial charge < -0.3 is 10.5 Å². The molecule has 0 bridgehead atoms. The summed E-state index contributed by atoms with van der Waals surface area (Å²) in [7, 11) is 0. The Morgan fingerprint density at radius 3 is 3.00 bits per heavy atom. The van der Waals surface area contributed by atoms with Gasteiger partial charge in [-0.25, -0.2) is 0 Å². The van der Waals surface area contributed by atoms with Crippen molar-refractivity contribution in [2.75, 3.05) is 25.5 Å². The fourth-order valence-electron chi connectivity index (χ4n) is 2.77. The molecule has 20 heavy (non-hydrogen) atoms. The molecular formula is C16H21N3O. The Balaban J connectivity index is 1.97. The van der Waals surface area contributed by atoms with Gasteiger partial charge in [0.2, 0.25) is 0 Å². The Kier molecular flexibility index (Phi) is 3.36. The normalized spacial score (nSPS) is 19.3. The first kappa shape index (κ1) is 13.3. The average molecular weight is 271 g/mol. The van der Waals surface area contributed by atoms with Crippen molar-refractivity contribution in [2.24, 2.45) is 0 Å². The fraction of sp³-hybridized carbons (Fsp3) is 0.438. The van der Waals surface area contributed by atoms with E-state index in [2.05, 4.69) is 29.8 Å². The van der Waals surface area contributed by atoms with Gasteiger partial charge in [-0.2, -0.15) is 0 Å². The summed E-state index contributed by atoms with van der Waals surface area (Å²) in [6.45, 7) is 7.84. The Morgan fingerprint density at radius 2 is 2.20 bits per heavy atom. The monoisotopic (exact) mass is 271 g/mol. The van der Waals surface area contributed by atoms with Crippen LogP contribution >= 0.6 is 0 Å². The summed E-state index contributed by atoms with van der Waals surface area (Å²) in [5.41, 5.74) is 9.12. The molecule has 1 aliphatic rings. The van der Waals surface area contributed by atoms with Crippen molar-refractivity contribution in [1.29, 1.82) is 0 Å². The lowest BCUT2D eigenvalue weighted by Gasteiger charge is -2.42. The fourth-order valence-corrected chi connectivity index (χ4v) is 2.77. The molecule has 4 nitrogen and oxygen atoms in total. The van der Waals surface area contributed by atoms with Crippen LogP contribution in [-0.4, -0.2) is 35.2 Å². The van der Waals surface area contributed by atoms with Gasteiger partial charge in [-0.1, -0.05) is 6.07 Å². The molecule has 0 amide bonds. The molecule has 2 aromatic rings. The average Bonchev–Trinajstić information content (AvgIpc) is 2.44. The third kappa shape index (κ3) is 2.37. The minimum atomic E-state index is 0.0563. The molecular weight excluding hydrogens is 250 g/mol. The second kappa shape index (κ2) is 5.04. The third-order valence-electron chi connectivity index (χ3n) is 4.07. The molecule has 2 N–H and O–H groups in total. The van der Waals surface area contributed by atoms with Gasteiger partial charge in [0.1, 0.15) is 0 Å². The van der Waals surface area contributed by atoms with Crippen molar-refractivity contribution >= 4 is 16.6 Å². The lowest BCUT2D eigenvalue weighted by atomic mass is 10.00. The summed E-state index contributed by atoms with van der Waals surface area (Å²) in [5, 5.41) is 1.04. The van der Waals surface area contributed by atoms with Crippen LogP contribution in [0, 0.1) is 0 Å². The molecule has 0 saturated carbocycles. The number of morpholine rings is 1. The Labute approximate surface area is 119 Å². The number of aromatic nitrogens is 1. The van der Waals surface area contributed by atoms with Gasteiger partial charge in [0.25, 0.3) is 0 Å². The van der Waals surface area contributed by atoms with Crippen LogP contribution in [0.5, 0.6) is 0 Å². The Bertz CT molecular complexity index is 624. The molecule has 1 aliphatic heterocycles. The van der Waals surface area contributed by atoms with E-state index in [1.165, 1.54) is 5.56 Å². The highest BCUT2D eigenvalue weighted by Crippen LogP contribution is 2.27. The lowest BCUT2D eigenvalue weighted by molar-refractivity contribution is -0.0551. The van der Waals surface area contributed by atoms with E-state index in [0.717, 1.165) is 42.9 Å². The van der Waals surface area contributed by atoms with E-state index in [1.54, 1.807) is 0 Å². The molecule has 1 aromatic carbocycles. The van der Waals surface area contributed by atoms with E-state index in [9.17, 15) is 0 Å². The smallest absolute Gasteiger partial charge is 0.0767 e. The van der Waals surface area contributed by atoms with E-state index in [1.807, 2.05) is 24.4 Å². The molecule has 0 atom stereocenters. The molecule has 1 fully saturated rings. The molecule has 1 saturated heterocycles. The molecule has 0 aliphatic carbocycles. The van der Waals surface area contributed by atoms with Crippen LogP contribution < -0.4 is 5.73 Å². The summed E-state index contributed by atoms with van der Waals surface area (Å²) in [4.78, 5) is 6.97. The van der Waals surface area contributed by atoms with Crippen LogP contribution in [0.2, 0.25) is 0 Å². The van der Waals surface area contributed by atoms with Crippen molar-refractivity contribution < 1.29 is 4.74 Å². The number of pyridine rings is 1. The number of rotatable bonds is 2. The van der Waals surface area contributed by atoms with Crippen LogP contribution in [0.15, 0.2) is 30.5 Å². The minimum absolute atomic E-state index is 0.0563. The summed E-state index contributed by atoms with van der Waals surface area (Å²) in [6.07, 6.45) is 1.83. The van der Waals surface area contributed by atoms with Crippen LogP contribution in [-0.2, 0) is 11.3 Å². The lowest BCUT2D eigenvalue weighted by Crippen LogP contribution is -2.52. The van der Waals surface area contributed by atoms with Gasteiger partial charge in [-0.05, 0) is 37.6 Å². The Morgan fingerprint density at radius 1 is 1.35 bits per heavy atom. The number of nitrogens with zero attached hydrogens (tertiary/aromatic N) is 2. The van der Waals surface area contributed by atoms with E-state index in [0.29, 0.717) is 0 Å². The SMILES string of the molecule is CC1(C)COCCN1Cc1ccc(N)c2cccnc12.